The van der Waals surface area contributed by atoms with Crippen LogP contribution in [0.3, 0.4) is 0 Å². The molecule has 0 spiro atoms. The number of fused-ring (bicyclic) bond motifs is 1. The van der Waals surface area contributed by atoms with Crippen LogP contribution in [0.15, 0.2) is 48.5 Å². The van der Waals surface area contributed by atoms with Crippen molar-refractivity contribution in [1.29, 1.82) is 0 Å². The zero-order valence-electron chi connectivity index (χ0n) is 16.5. The van der Waals surface area contributed by atoms with Crippen molar-refractivity contribution < 1.29 is 9.59 Å². The Morgan fingerprint density at radius 2 is 1.61 bits per heavy atom. The molecule has 4 heteroatoms. The molecule has 0 atom stereocenters. The number of para-hydroxylation sites is 2. The van der Waals surface area contributed by atoms with E-state index in [1.807, 2.05) is 48.2 Å². The van der Waals surface area contributed by atoms with Crippen LogP contribution >= 0.6 is 0 Å². The first-order valence-electron chi connectivity index (χ1n) is 10.4. The summed E-state index contributed by atoms with van der Waals surface area (Å²) in [5, 5.41) is 3.07. The van der Waals surface area contributed by atoms with Crippen LogP contribution in [-0.4, -0.2) is 18.4 Å². The minimum Gasteiger partial charge on any atom is -0.326 e. The van der Waals surface area contributed by atoms with E-state index in [0.717, 1.165) is 62.0 Å². The molecule has 2 aromatic carbocycles. The highest BCUT2D eigenvalue weighted by Crippen LogP contribution is 2.34. The first-order valence-corrected chi connectivity index (χ1v) is 10.4. The van der Waals surface area contributed by atoms with E-state index in [0.29, 0.717) is 0 Å². The Hall–Kier alpha value is -2.62. The lowest BCUT2D eigenvalue weighted by atomic mass is 9.80. The van der Waals surface area contributed by atoms with Gasteiger partial charge in [0.15, 0.2) is 0 Å². The number of hydrogen-bond donors (Lipinski definition) is 1. The number of carbonyl (C=O) groups is 2. The number of benzene rings is 2. The van der Waals surface area contributed by atoms with Crippen LogP contribution < -0.4 is 10.2 Å². The van der Waals surface area contributed by atoms with Crippen molar-refractivity contribution in [3.63, 3.8) is 0 Å². The highest BCUT2D eigenvalue weighted by atomic mass is 16.2. The molecule has 1 fully saturated rings. The number of aryl methyl sites for hydroxylation is 2. The molecule has 146 valence electrons. The summed E-state index contributed by atoms with van der Waals surface area (Å²) in [5.41, 5.74) is 4.31. The molecule has 1 saturated carbocycles. The zero-order chi connectivity index (χ0) is 19.5. The molecule has 2 amide bonds. The van der Waals surface area contributed by atoms with E-state index in [4.69, 9.17) is 0 Å². The molecule has 0 bridgehead atoms. The highest BCUT2D eigenvalue weighted by Gasteiger charge is 2.34. The fraction of sp³-hybridized carbons (Fsp3) is 0.417. The van der Waals surface area contributed by atoms with Crippen molar-refractivity contribution >= 4 is 23.2 Å². The molecular weight excluding hydrogens is 348 g/mol. The van der Waals surface area contributed by atoms with Crippen LogP contribution in [0.1, 0.15) is 43.2 Å². The Morgan fingerprint density at radius 1 is 0.929 bits per heavy atom. The number of carbonyl (C=O) groups excluding carboxylic acids is 2. The standard InChI is InChI=1S/C24H28N2O2/c1-17-7-2-4-10-21(17)25-23(27)19-12-14-20(15-13-19)24(28)26-16-6-9-18-8-3-5-11-22(18)26/h2-5,7-8,10-11,19-20H,6,9,12-16H2,1H3,(H,25,27). The van der Waals surface area contributed by atoms with E-state index < -0.39 is 0 Å². The van der Waals surface area contributed by atoms with Crippen LogP contribution in [-0.2, 0) is 16.0 Å². The Bertz CT molecular complexity index is 868. The average molecular weight is 377 g/mol. The van der Waals surface area contributed by atoms with Gasteiger partial charge in [0.05, 0.1) is 0 Å². The summed E-state index contributed by atoms with van der Waals surface area (Å²) in [5.74, 6) is 0.361. The molecule has 1 aliphatic heterocycles. The van der Waals surface area contributed by atoms with E-state index in [2.05, 4.69) is 17.4 Å². The maximum Gasteiger partial charge on any atom is 0.230 e. The average Bonchev–Trinajstić information content (AvgIpc) is 2.74. The summed E-state index contributed by atoms with van der Waals surface area (Å²) in [7, 11) is 0. The predicted molar refractivity (Wildman–Crippen MR) is 112 cm³/mol. The third kappa shape index (κ3) is 3.82. The molecule has 1 heterocycles. The van der Waals surface area contributed by atoms with Gasteiger partial charge in [-0.05, 0) is 68.7 Å². The van der Waals surface area contributed by atoms with Crippen LogP contribution in [0.2, 0.25) is 0 Å². The summed E-state index contributed by atoms with van der Waals surface area (Å²) < 4.78 is 0. The van der Waals surface area contributed by atoms with Crippen molar-refractivity contribution in [3.05, 3.63) is 59.7 Å². The van der Waals surface area contributed by atoms with Gasteiger partial charge in [0, 0.05) is 29.8 Å². The van der Waals surface area contributed by atoms with Crippen LogP contribution in [0.5, 0.6) is 0 Å². The van der Waals surface area contributed by atoms with Gasteiger partial charge >= 0.3 is 0 Å². The smallest absolute Gasteiger partial charge is 0.230 e. The molecule has 4 rings (SSSR count). The molecule has 0 unspecified atom stereocenters. The van der Waals surface area contributed by atoms with Gasteiger partial charge in [0.2, 0.25) is 11.8 Å². The first-order chi connectivity index (χ1) is 13.6. The topological polar surface area (TPSA) is 49.4 Å². The lowest BCUT2D eigenvalue weighted by Crippen LogP contribution is -2.41. The minimum absolute atomic E-state index is 0.00250. The van der Waals surface area contributed by atoms with Gasteiger partial charge in [-0.2, -0.15) is 0 Å². The molecule has 2 aromatic rings. The zero-order valence-corrected chi connectivity index (χ0v) is 16.5. The number of hydrogen-bond acceptors (Lipinski definition) is 2. The van der Waals surface area contributed by atoms with Crippen molar-refractivity contribution in [2.75, 3.05) is 16.8 Å². The SMILES string of the molecule is Cc1ccccc1NC(=O)C1CCC(C(=O)N2CCCc3ccccc32)CC1. The van der Waals surface area contributed by atoms with Crippen LogP contribution in [0.25, 0.3) is 0 Å². The van der Waals surface area contributed by atoms with Crippen LogP contribution in [0, 0.1) is 18.8 Å². The summed E-state index contributed by atoms with van der Waals surface area (Å²) in [6, 6.07) is 16.1. The van der Waals surface area contributed by atoms with Gasteiger partial charge in [0.25, 0.3) is 0 Å². The number of amides is 2. The fourth-order valence-corrected chi connectivity index (χ4v) is 4.53. The van der Waals surface area contributed by atoms with E-state index in [-0.39, 0.29) is 23.7 Å². The van der Waals surface area contributed by atoms with Gasteiger partial charge in [-0.3, -0.25) is 9.59 Å². The lowest BCUT2D eigenvalue weighted by Gasteiger charge is -2.35. The predicted octanol–water partition coefficient (Wildman–Crippen LogP) is 4.72. The van der Waals surface area contributed by atoms with Crippen molar-refractivity contribution in [2.24, 2.45) is 11.8 Å². The van der Waals surface area contributed by atoms with Gasteiger partial charge in [-0.25, -0.2) is 0 Å². The number of anilines is 2. The molecular formula is C24H28N2O2. The van der Waals surface area contributed by atoms with E-state index >= 15 is 0 Å². The fourth-order valence-electron chi connectivity index (χ4n) is 4.53. The number of nitrogens with zero attached hydrogens (tertiary/aromatic N) is 1. The molecule has 2 aliphatic rings. The number of nitrogens with one attached hydrogen (secondary N) is 1. The van der Waals surface area contributed by atoms with Gasteiger partial charge in [-0.15, -0.1) is 0 Å². The van der Waals surface area contributed by atoms with Gasteiger partial charge in [0.1, 0.15) is 0 Å². The van der Waals surface area contributed by atoms with Gasteiger partial charge < -0.3 is 10.2 Å². The molecule has 0 radical (unpaired) electrons. The molecule has 1 aliphatic carbocycles. The molecule has 4 nitrogen and oxygen atoms in total. The minimum atomic E-state index is -0.00250. The maximum atomic E-state index is 13.2. The normalized spacial score (nSPS) is 21.7. The van der Waals surface area contributed by atoms with Crippen molar-refractivity contribution in [1.82, 2.24) is 0 Å². The Morgan fingerprint density at radius 3 is 2.39 bits per heavy atom. The molecule has 1 N–H and O–H groups in total. The monoisotopic (exact) mass is 376 g/mol. The summed E-state index contributed by atoms with van der Waals surface area (Å²) in [6.07, 6.45) is 5.22. The van der Waals surface area contributed by atoms with Crippen LogP contribution in [0.4, 0.5) is 11.4 Å². The van der Waals surface area contributed by atoms with E-state index in [1.165, 1.54) is 5.56 Å². The summed E-state index contributed by atoms with van der Waals surface area (Å²) in [4.78, 5) is 27.8. The van der Waals surface area contributed by atoms with E-state index in [9.17, 15) is 9.59 Å². The van der Waals surface area contributed by atoms with Gasteiger partial charge in [-0.1, -0.05) is 36.4 Å². The number of rotatable bonds is 3. The summed E-state index contributed by atoms with van der Waals surface area (Å²) in [6.45, 7) is 2.81. The third-order valence-corrected chi connectivity index (χ3v) is 6.23. The largest absolute Gasteiger partial charge is 0.326 e. The lowest BCUT2D eigenvalue weighted by molar-refractivity contribution is -0.126. The first kappa shape index (κ1) is 18.7. The van der Waals surface area contributed by atoms with Crippen molar-refractivity contribution in [2.45, 2.75) is 45.4 Å². The Kier molecular flexibility index (Phi) is 5.47. The molecule has 0 saturated heterocycles. The second kappa shape index (κ2) is 8.17. The molecule has 28 heavy (non-hydrogen) atoms. The van der Waals surface area contributed by atoms with Crippen molar-refractivity contribution in [3.8, 4) is 0 Å². The Balaban J connectivity index is 1.36. The summed E-state index contributed by atoms with van der Waals surface area (Å²) >= 11 is 0. The highest BCUT2D eigenvalue weighted by molar-refractivity contribution is 5.97. The van der Waals surface area contributed by atoms with E-state index in [1.54, 1.807) is 0 Å². The third-order valence-electron chi connectivity index (χ3n) is 6.23. The maximum absolute atomic E-state index is 13.2. The Labute approximate surface area is 166 Å². The second-order valence-electron chi connectivity index (χ2n) is 8.07. The quantitative estimate of drug-likeness (QED) is 0.843. The second-order valence-corrected chi connectivity index (χ2v) is 8.07. The molecule has 0 aromatic heterocycles.